The number of carbonyl (C=O) groups is 1. The first-order chi connectivity index (χ1) is 12.4. The third kappa shape index (κ3) is 2.63. The molecule has 26 heavy (non-hydrogen) atoms. The Morgan fingerprint density at radius 3 is 2.42 bits per heavy atom. The summed E-state index contributed by atoms with van der Waals surface area (Å²) in [4.78, 5) is 12.8. The highest BCUT2D eigenvalue weighted by molar-refractivity contribution is 6.30. The minimum atomic E-state index is -4.62. The van der Waals surface area contributed by atoms with E-state index in [1.54, 1.807) is 24.3 Å². The van der Waals surface area contributed by atoms with Gasteiger partial charge in [-0.1, -0.05) is 35.9 Å². The molecule has 0 bridgehead atoms. The summed E-state index contributed by atoms with van der Waals surface area (Å²) in [6.45, 7) is 0. The lowest BCUT2D eigenvalue weighted by Crippen LogP contribution is -2.07. The zero-order valence-corrected chi connectivity index (χ0v) is 13.8. The van der Waals surface area contributed by atoms with Crippen molar-refractivity contribution in [2.75, 3.05) is 0 Å². The van der Waals surface area contributed by atoms with Crippen LogP contribution in [-0.2, 0) is 6.18 Å². The summed E-state index contributed by atoms with van der Waals surface area (Å²) < 4.78 is 41.9. The Labute approximate surface area is 150 Å². The van der Waals surface area contributed by atoms with Crippen molar-refractivity contribution < 1.29 is 18.0 Å². The SMILES string of the molecule is O=C(c1ccc(Cl)cc1)c1cc(C(F)(F)F)c2c3ccccc3cnn12. The van der Waals surface area contributed by atoms with E-state index in [9.17, 15) is 18.0 Å². The topological polar surface area (TPSA) is 34.4 Å². The molecule has 0 saturated heterocycles. The largest absolute Gasteiger partial charge is 0.418 e. The van der Waals surface area contributed by atoms with Gasteiger partial charge in [0.15, 0.2) is 0 Å². The number of alkyl halides is 3. The second-order valence-corrected chi connectivity index (χ2v) is 6.21. The molecule has 0 spiro atoms. The van der Waals surface area contributed by atoms with Crippen LogP contribution in [0.3, 0.4) is 0 Å². The van der Waals surface area contributed by atoms with E-state index in [1.807, 2.05) is 0 Å². The van der Waals surface area contributed by atoms with E-state index in [2.05, 4.69) is 5.10 Å². The van der Waals surface area contributed by atoms with Crippen molar-refractivity contribution in [1.82, 2.24) is 9.61 Å². The van der Waals surface area contributed by atoms with Gasteiger partial charge >= 0.3 is 6.18 Å². The van der Waals surface area contributed by atoms with Crippen molar-refractivity contribution in [2.45, 2.75) is 6.18 Å². The van der Waals surface area contributed by atoms with Gasteiger partial charge < -0.3 is 0 Å². The molecular formula is C19H10ClF3N2O. The number of fused-ring (bicyclic) bond motifs is 3. The molecule has 2 aromatic carbocycles. The number of ketones is 1. The van der Waals surface area contributed by atoms with E-state index in [-0.39, 0.29) is 16.8 Å². The average Bonchev–Trinajstić information content (AvgIpc) is 3.02. The predicted octanol–water partition coefficient (Wildman–Crippen LogP) is 5.39. The predicted molar refractivity (Wildman–Crippen MR) is 92.6 cm³/mol. The number of halogens is 4. The summed E-state index contributed by atoms with van der Waals surface area (Å²) in [6.07, 6.45) is -3.17. The second-order valence-electron chi connectivity index (χ2n) is 5.77. The van der Waals surface area contributed by atoms with Crippen LogP contribution in [0.5, 0.6) is 0 Å². The van der Waals surface area contributed by atoms with Crippen molar-refractivity contribution in [3.63, 3.8) is 0 Å². The van der Waals surface area contributed by atoms with Crippen molar-refractivity contribution >= 4 is 33.7 Å². The van der Waals surface area contributed by atoms with Crippen LogP contribution < -0.4 is 0 Å². The van der Waals surface area contributed by atoms with Crippen LogP contribution in [0.25, 0.3) is 16.3 Å². The number of carbonyl (C=O) groups excluding carboxylic acids is 1. The van der Waals surface area contributed by atoms with Crippen molar-refractivity contribution in [2.24, 2.45) is 0 Å². The zero-order chi connectivity index (χ0) is 18.5. The maximum absolute atomic E-state index is 13.6. The zero-order valence-electron chi connectivity index (χ0n) is 13.1. The van der Waals surface area contributed by atoms with Crippen LogP contribution in [0.1, 0.15) is 21.6 Å². The molecule has 0 aliphatic heterocycles. The number of aromatic nitrogens is 2. The molecule has 0 saturated carbocycles. The minimum Gasteiger partial charge on any atom is -0.287 e. The Morgan fingerprint density at radius 2 is 1.73 bits per heavy atom. The van der Waals surface area contributed by atoms with Crippen LogP contribution in [0.2, 0.25) is 5.02 Å². The van der Waals surface area contributed by atoms with Gasteiger partial charge in [0.1, 0.15) is 5.69 Å². The molecule has 4 aromatic rings. The third-order valence-electron chi connectivity index (χ3n) is 4.15. The smallest absolute Gasteiger partial charge is 0.287 e. The molecule has 0 fully saturated rings. The number of rotatable bonds is 2. The van der Waals surface area contributed by atoms with Gasteiger partial charge in [-0.05, 0) is 30.3 Å². The maximum atomic E-state index is 13.6. The van der Waals surface area contributed by atoms with Gasteiger partial charge in [-0.3, -0.25) is 4.79 Å². The summed E-state index contributed by atoms with van der Waals surface area (Å²) in [6, 6.07) is 13.4. The van der Waals surface area contributed by atoms with Crippen molar-refractivity contribution in [3.8, 4) is 0 Å². The Bertz CT molecular complexity index is 1150. The lowest BCUT2D eigenvalue weighted by atomic mass is 10.1. The fourth-order valence-corrected chi connectivity index (χ4v) is 3.08. The molecule has 4 rings (SSSR count). The number of benzene rings is 2. The first-order valence-corrected chi connectivity index (χ1v) is 8.01. The summed E-state index contributed by atoms with van der Waals surface area (Å²) in [7, 11) is 0. The quantitative estimate of drug-likeness (QED) is 0.441. The van der Waals surface area contributed by atoms with E-state index in [1.165, 1.54) is 30.5 Å². The fourth-order valence-electron chi connectivity index (χ4n) is 2.95. The van der Waals surface area contributed by atoms with Gasteiger partial charge in [-0.2, -0.15) is 18.3 Å². The van der Waals surface area contributed by atoms with Crippen LogP contribution in [0.4, 0.5) is 13.2 Å². The van der Waals surface area contributed by atoms with Gasteiger partial charge in [0.25, 0.3) is 0 Å². The van der Waals surface area contributed by atoms with Gasteiger partial charge in [-0.15, -0.1) is 0 Å². The van der Waals surface area contributed by atoms with E-state index in [0.29, 0.717) is 15.8 Å². The molecule has 3 nitrogen and oxygen atoms in total. The van der Waals surface area contributed by atoms with Crippen LogP contribution in [0, 0.1) is 0 Å². The minimum absolute atomic E-state index is 0.132. The molecule has 0 aliphatic carbocycles. The Kier molecular flexibility index (Phi) is 3.73. The molecule has 130 valence electrons. The van der Waals surface area contributed by atoms with Crippen LogP contribution in [0.15, 0.2) is 60.8 Å². The molecule has 0 N–H and O–H groups in total. The fraction of sp³-hybridized carbons (Fsp3) is 0.0526. The van der Waals surface area contributed by atoms with Gasteiger partial charge in [0.05, 0.1) is 17.3 Å². The van der Waals surface area contributed by atoms with Gasteiger partial charge in [-0.25, -0.2) is 4.52 Å². The molecule has 0 radical (unpaired) electrons. The van der Waals surface area contributed by atoms with Crippen LogP contribution >= 0.6 is 11.6 Å². The normalized spacial score (nSPS) is 12.0. The molecule has 2 aromatic heterocycles. The number of hydrogen-bond donors (Lipinski definition) is 0. The maximum Gasteiger partial charge on any atom is 0.418 e. The van der Waals surface area contributed by atoms with E-state index in [0.717, 1.165) is 10.6 Å². The highest BCUT2D eigenvalue weighted by atomic mass is 35.5. The first kappa shape index (κ1) is 16.6. The molecule has 0 aliphatic rings. The highest BCUT2D eigenvalue weighted by Gasteiger charge is 2.37. The van der Waals surface area contributed by atoms with E-state index < -0.39 is 17.5 Å². The standard InChI is InChI=1S/C19H10ClF3N2O/c20-13-7-5-11(6-8-13)18(26)16-9-15(19(21,22)23)17-14-4-2-1-3-12(14)10-24-25(16)17/h1-10H. The van der Waals surface area contributed by atoms with Crippen molar-refractivity contribution in [1.29, 1.82) is 0 Å². The molecule has 7 heteroatoms. The summed E-state index contributed by atoms with van der Waals surface area (Å²) >= 11 is 5.81. The molecular weight excluding hydrogens is 365 g/mol. The Balaban J connectivity index is 2.03. The monoisotopic (exact) mass is 374 g/mol. The Hall–Kier alpha value is -2.86. The molecule has 2 heterocycles. The van der Waals surface area contributed by atoms with Gasteiger partial charge in [0, 0.05) is 21.4 Å². The van der Waals surface area contributed by atoms with E-state index in [4.69, 9.17) is 11.6 Å². The number of nitrogens with zero attached hydrogens (tertiary/aromatic N) is 2. The molecule has 0 atom stereocenters. The average molecular weight is 375 g/mol. The summed E-state index contributed by atoms with van der Waals surface area (Å²) in [5.41, 5.74) is -0.940. The van der Waals surface area contributed by atoms with E-state index >= 15 is 0 Å². The first-order valence-electron chi connectivity index (χ1n) is 7.63. The van der Waals surface area contributed by atoms with Gasteiger partial charge in [0.2, 0.25) is 5.78 Å². The second kappa shape index (κ2) is 5.85. The lowest BCUT2D eigenvalue weighted by Gasteiger charge is -2.07. The summed E-state index contributed by atoms with van der Waals surface area (Å²) in [5, 5.41) is 5.45. The lowest BCUT2D eigenvalue weighted by molar-refractivity contribution is -0.136. The van der Waals surface area contributed by atoms with Crippen LogP contribution in [-0.4, -0.2) is 15.4 Å². The summed E-state index contributed by atoms with van der Waals surface area (Å²) in [5.74, 6) is -0.560. The van der Waals surface area contributed by atoms with Crippen molar-refractivity contribution in [3.05, 3.63) is 82.6 Å². The number of hydrogen-bond acceptors (Lipinski definition) is 2. The highest BCUT2D eigenvalue weighted by Crippen LogP contribution is 2.37. The Morgan fingerprint density at radius 1 is 1.04 bits per heavy atom. The third-order valence-corrected chi connectivity index (χ3v) is 4.40. The molecule has 0 unspecified atom stereocenters. The molecule has 0 amide bonds.